The lowest BCUT2D eigenvalue weighted by Gasteiger charge is -2.15. The molecule has 0 aliphatic carbocycles. The quantitative estimate of drug-likeness (QED) is 0.423. The smallest absolute Gasteiger partial charge is 0.253 e. The van der Waals surface area contributed by atoms with Crippen molar-refractivity contribution < 1.29 is 14.7 Å². The summed E-state index contributed by atoms with van der Waals surface area (Å²) >= 11 is 10.7. The molecule has 98 valence electrons. The molecule has 7 heteroatoms. The molecule has 0 aliphatic heterocycles. The standard InChI is InChI=1S/C11H12Cl2N2O3/c12-10(13)11(18)15-8(5-16)9(17)6-1-3-7(14)4-2-6/h1-4,8,10,16H,5,14H2,(H,15,18). The van der Waals surface area contributed by atoms with Crippen molar-refractivity contribution in [3.05, 3.63) is 29.8 Å². The fourth-order valence-electron chi connectivity index (χ4n) is 1.28. The highest BCUT2D eigenvalue weighted by Crippen LogP contribution is 2.09. The second-order valence-corrected chi connectivity index (χ2v) is 4.63. The number of halogens is 2. The van der Waals surface area contributed by atoms with Crippen LogP contribution < -0.4 is 11.1 Å². The lowest BCUT2D eigenvalue weighted by Crippen LogP contribution is -2.45. The Hall–Kier alpha value is -1.30. The van der Waals surface area contributed by atoms with Crippen LogP contribution in [-0.2, 0) is 4.79 Å². The zero-order chi connectivity index (χ0) is 13.7. The Morgan fingerprint density at radius 1 is 1.28 bits per heavy atom. The van der Waals surface area contributed by atoms with Crippen molar-refractivity contribution >= 4 is 40.6 Å². The van der Waals surface area contributed by atoms with E-state index in [1.54, 1.807) is 12.1 Å². The minimum atomic E-state index is -1.29. The molecule has 0 bridgehead atoms. The van der Waals surface area contributed by atoms with Gasteiger partial charge in [-0.1, -0.05) is 23.2 Å². The maximum Gasteiger partial charge on any atom is 0.253 e. The van der Waals surface area contributed by atoms with Gasteiger partial charge in [-0.05, 0) is 24.3 Å². The van der Waals surface area contributed by atoms with Gasteiger partial charge in [0.1, 0.15) is 6.04 Å². The predicted octanol–water partition coefficient (Wildman–Crippen LogP) is 0.732. The first-order valence-corrected chi connectivity index (χ1v) is 5.92. The highest BCUT2D eigenvalue weighted by molar-refractivity contribution is 6.53. The predicted molar refractivity (Wildman–Crippen MR) is 69.7 cm³/mol. The highest BCUT2D eigenvalue weighted by Gasteiger charge is 2.23. The summed E-state index contributed by atoms with van der Waals surface area (Å²) in [6.45, 7) is -0.546. The third-order valence-electron chi connectivity index (χ3n) is 2.21. The van der Waals surface area contributed by atoms with Crippen molar-refractivity contribution in [3.8, 4) is 0 Å². The van der Waals surface area contributed by atoms with Crippen molar-refractivity contribution in [1.82, 2.24) is 5.32 Å². The molecule has 0 spiro atoms. The number of alkyl halides is 2. The van der Waals surface area contributed by atoms with Crippen LogP contribution in [0.1, 0.15) is 10.4 Å². The fourth-order valence-corrected chi connectivity index (χ4v) is 1.40. The highest BCUT2D eigenvalue weighted by atomic mass is 35.5. The number of amides is 1. The summed E-state index contributed by atoms with van der Waals surface area (Å²) in [5.74, 6) is -1.18. The molecule has 0 saturated heterocycles. The first kappa shape index (κ1) is 14.8. The number of benzene rings is 1. The normalized spacial score (nSPS) is 12.2. The summed E-state index contributed by atoms with van der Waals surface area (Å²) in [6, 6.07) is 5.03. The zero-order valence-corrected chi connectivity index (χ0v) is 10.8. The Labute approximate surface area is 114 Å². The van der Waals surface area contributed by atoms with Crippen molar-refractivity contribution in [3.63, 3.8) is 0 Å². The number of nitrogens with two attached hydrogens (primary N) is 1. The molecule has 0 aliphatic rings. The molecule has 1 unspecified atom stereocenters. The summed E-state index contributed by atoms with van der Waals surface area (Å²) < 4.78 is 0. The third-order valence-corrected chi connectivity index (χ3v) is 2.61. The molecule has 18 heavy (non-hydrogen) atoms. The van der Waals surface area contributed by atoms with Crippen LogP contribution in [0, 0.1) is 0 Å². The van der Waals surface area contributed by atoms with E-state index in [4.69, 9.17) is 34.0 Å². The minimum absolute atomic E-state index is 0.323. The molecule has 0 aromatic heterocycles. The Balaban J connectivity index is 2.79. The van der Waals surface area contributed by atoms with Gasteiger partial charge < -0.3 is 16.2 Å². The summed E-state index contributed by atoms with van der Waals surface area (Å²) in [4.78, 5) is 21.9. The maximum atomic E-state index is 11.9. The summed E-state index contributed by atoms with van der Waals surface area (Å²) in [7, 11) is 0. The Morgan fingerprint density at radius 2 is 1.83 bits per heavy atom. The van der Waals surface area contributed by atoms with E-state index in [9.17, 15) is 9.59 Å². The molecule has 0 radical (unpaired) electrons. The van der Waals surface area contributed by atoms with Gasteiger partial charge in [0, 0.05) is 11.3 Å². The zero-order valence-electron chi connectivity index (χ0n) is 9.27. The molecule has 1 amide bonds. The van der Waals surface area contributed by atoms with Crippen LogP contribution >= 0.6 is 23.2 Å². The Kier molecular flexibility index (Phi) is 5.40. The van der Waals surface area contributed by atoms with Crippen LogP contribution in [0.25, 0.3) is 0 Å². The first-order valence-electron chi connectivity index (χ1n) is 5.05. The van der Waals surface area contributed by atoms with Gasteiger partial charge in [0.15, 0.2) is 10.6 Å². The largest absolute Gasteiger partial charge is 0.399 e. The van der Waals surface area contributed by atoms with E-state index in [-0.39, 0.29) is 0 Å². The number of nitrogens with one attached hydrogen (secondary N) is 1. The average Bonchev–Trinajstić information content (AvgIpc) is 2.35. The number of carbonyl (C=O) groups excluding carboxylic acids is 2. The molecule has 0 saturated carbocycles. The SMILES string of the molecule is Nc1ccc(C(=O)C(CO)NC(=O)C(Cl)Cl)cc1. The van der Waals surface area contributed by atoms with E-state index in [1.165, 1.54) is 12.1 Å². The second kappa shape index (κ2) is 6.58. The number of anilines is 1. The topological polar surface area (TPSA) is 92.4 Å². The molecule has 4 N–H and O–H groups in total. The van der Waals surface area contributed by atoms with Gasteiger partial charge >= 0.3 is 0 Å². The van der Waals surface area contributed by atoms with Crippen molar-refractivity contribution in [2.45, 2.75) is 10.9 Å². The number of Topliss-reactive ketones (excluding diaryl/α,β-unsaturated/α-hetero) is 1. The van der Waals surface area contributed by atoms with Gasteiger partial charge in [-0.2, -0.15) is 0 Å². The Morgan fingerprint density at radius 3 is 2.28 bits per heavy atom. The van der Waals surface area contributed by atoms with E-state index in [2.05, 4.69) is 5.32 Å². The maximum absolute atomic E-state index is 11.9. The van der Waals surface area contributed by atoms with Crippen molar-refractivity contribution in [2.24, 2.45) is 0 Å². The number of aliphatic hydroxyl groups is 1. The molecule has 0 heterocycles. The number of ketones is 1. The monoisotopic (exact) mass is 290 g/mol. The number of hydrogen-bond acceptors (Lipinski definition) is 4. The van der Waals surface area contributed by atoms with Crippen LogP contribution in [0.5, 0.6) is 0 Å². The van der Waals surface area contributed by atoms with E-state index < -0.39 is 29.2 Å². The summed E-state index contributed by atoms with van der Waals surface area (Å²) in [5.41, 5.74) is 6.33. The lowest BCUT2D eigenvalue weighted by atomic mass is 10.0. The van der Waals surface area contributed by atoms with Gasteiger partial charge in [0.2, 0.25) is 0 Å². The summed E-state index contributed by atoms with van der Waals surface area (Å²) in [5, 5.41) is 11.3. The van der Waals surface area contributed by atoms with Gasteiger partial charge in [-0.25, -0.2) is 0 Å². The fraction of sp³-hybridized carbons (Fsp3) is 0.273. The van der Waals surface area contributed by atoms with Gasteiger partial charge in [-0.15, -0.1) is 0 Å². The number of rotatable bonds is 5. The molecule has 1 atom stereocenters. The minimum Gasteiger partial charge on any atom is -0.399 e. The van der Waals surface area contributed by atoms with Gasteiger partial charge in [0.25, 0.3) is 5.91 Å². The van der Waals surface area contributed by atoms with Crippen LogP contribution in [0.2, 0.25) is 0 Å². The van der Waals surface area contributed by atoms with Crippen LogP contribution in [-0.4, -0.2) is 34.3 Å². The van der Waals surface area contributed by atoms with Crippen LogP contribution in [0.15, 0.2) is 24.3 Å². The first-order chi connectivity index (χ1) is 8.45. The van der Waals surface area contributed by atoms with Crippen molar-refractivity contribution in [2.75, 3.05) is 12.3 Å². The molecular weight excluding hydrogens is 279 g/mol. The van der Waals surface area contributed by atoms with Crippen LogP contribution in [0.4, 0.5) is 5.69 Å². The van der Waals surface area contributed by atoms with E-state index in [0.29, 0.717) is 11.3 Å². The van der Waals surface area contributed by atoms with Crippen molar-refractivity contribution in [1.29, 1.82) is 0 Å². The van der Waals surface area contributed by atoms with Gasteiger partial charge in [0.05, 0.1) is 6.61 Å². The molecule has 5 nitrogen and oxygen atoms in total. The molecule has 0 fully saturated rings. The third kappa shape index (κ3) is 3.87. The number of nitrogen functional groups attached to an aromatic ring is 1. The second-order valence-electron chi connectivity index (χ2n) is 3.53. The van der Waals surface area contributed by atoms with Gasteiger partial charge in [-0.3, -0.25) is 9.59 Å². The van der Waals surface area contributed by atoms with E-state index in [0.717, 1.165) is 0 Å². The number of aliphatic hydroxyl groups excluding tert-OH is 1. The lowest BCUT2D eigenvalue weighted by molar-refractivity contribution is -0.120. The molecule has 1 aromatic rings. The number of hydrogen-bond donors (Lipinski definition) is 3. The van der Waals surface area contributed by atoms with E-state index in [1.807, 2.05) is 0 Å². The molecule has 1 aromatic carbocycles. The Bertz CT molecular complexity index is 434. The molecule has 1 rings (SSSR count). The number of carbonyl (C=O) groups is 2. The van der Waals surface area contributed by atoms with E-state index >= 15 is 0 Å². The summed E-state index contributed by atoms with van der Waals surface area (Å²) in [6.07, 6.45) is 0. The average molecular weight is 291 g/mol. The molecular formula is C11H12Cl2N2O3. The van der Waals surface area contributed by atoms with Crippen LogP contribution in [0.3, 0.4) is 0 Å².